The third kappa shape index (κ3) is 3.44. The van der Waals surface area contributed by atoms with Crippen LogP contribution in [0.5, 0.6) is 0 Å². The summed E-state index contributed by atoms with van der Waals surface area (Å²) in [5, 5.41) is 1.26. The van der Waals surface area contributed by atoms with Gasteiger partial charge in [-0.2, -0.15) is 4.31 Å². The van der Waals surface area contributed by atoms with Crippen LogP contribution in [-0.2, 0) is 19.7 Å². The summed E-state index contributed by atoms with van der Waals surface area (Å²) in [6.07, 6.45) is 1.49. The molecule has 1 aromatic rings. The Morgan fingerprint density at radius 1 is 1.26 bits per heavy atom. The van der Waals surface area contributed by atoms with Gasteiger partial charge in [-0.05, 0) is 44.4 Å². The molecule has 0 unspecified atom stereocenters. The maximum Gasteiger partial charge on any atom is 0.253 e. The fraction of sp³-hybridized carbons (Fsp3) is 0.550. The highest BCUT2D eigenvalue weighted by atomic mass is 32.2. The molecule has 7 heteroatoms. The van der Waals surface area contributed by atoms with E-state index in [0.29, 0.717) is 24.4 Å². The Morgan fingerprint density at radius 3 is 2.48 bits per heavy atom. The Balaban J connectivity index is 1.92. The lowest BCUT2D eigenvalue weighted by atomic mass is 9.69. The Morgan fingerprint density at radius 2 is 1.89 bits per heavy atom. The van der Waals surface area contributed by atoms with Gasteiger partial charge in [0.05, 0.1) is 17.9 Å². The minimum Gasteiger partial charge on any atom is -0.275 e. The number of benzene rings is 1. The average molecular weight is 393 g/mol. The quantitative estimate of drug-likeness (QED) is 0.584. The molecule has 0 spiro atoms. The van der Waals surface area contributed by atoms with E-state index < -0.39 is 10.0 Å². The molecule has 1 fully saturated rings. The van der Waals surface area contributed by atoms with Gasteiger partial charge in [-0.15, -0.1) is 0 Å². The first-order valence-corrected chi connectivity index (χ1v) is 10.6. The highest BCUT2D eigenvalue weighted by Gasteiger charge is 2.48. The summed E-state index contributed by atoms with van der Waals surface area (Å²) in [6, 6.07) is 6.96. The van der Waals surface area contributed by atoms with Gasteiger partial charge in [0, 0.05) is 25.6 Å². The Labute approximate surface area is 161 Å². The van der Waals surface area contributed by atoms with Crippen molar-refractivity contribution in [2.45, 2.75) is 38.5 Å². The predicted octanol–water partition coefficient (Wildman–Crippen LogP) is 2.75. The third-order valence-electron chi connectivity index (χ3n) is 6.11. The van der Waals surface area contributed by atoms with Gasteiger partial charge in [0.2, 0.25) is 10.0 Å². The number of hydrogen-bond donors (Lipinski definition) is 0. The lowest BCUT2D eigenvalue weighted by molar-refractivity contribution is -0.172. The van der Waals surface area contributed by atoms with Crippen molar-refractivity contribution in [3.05, 3.63) is 41.0 Å². The summed E-state index contributed by atoms with van der Waals surface area (Å²) < 4.78 is 27.8. The summed E-state index contributed by atoms with van der Waals surface area (Å²) in [7, 11) is -0.476. The van der Waals surface area contributed by atoms with Crippen molar-refractivity contribution in [3.8, 4) is 0 Å². The molecule has 0 bridgehead atoms. The van der Waals surface area contributed by atoms with Crippen LogP contribution in [0.15, 0.2) is 40.3 Å². The predicted molar refractivity (Wildman–Crippen MR) is 103 cm³/mol. The van der Waals surface area contributed by atoms with Crippen LogP contribution in [0.1, 0.15) is 32.3 Å². The number of carbonyl (C=O) groups is 1. The number of sulfonamides is 1. The van der Waals surface area contributed by atoms with E-state index in [1.807, 2.05) is 26.0 Å². The zero-order valence-corrected chi connectivity index (χ0v) is 17.5. The van der Waals surface area contributed by atoms with Gasteiger partial charge in [0.15, 0.2) is 0 Å². The van der Waals surface area contributed by atoms with Crippen LogP contribution < -0.4 is 0 Å². The van der Waals surface area contributed by atoms with Gasteiger partial charge in [-0.3, -0.25) is 9.63 Å². The first-order chi connectivity index (χ1) is 12.6. The van der Waals surface area contributed by atoms with Crippen molar-refractivity contribution >= 4 is 15.9 Å². The second-order valence-corrected chi connectivity index (χ2v) is 9.86. The van der Waals surface area contributed by atoms with Crippen LogP contribution in [0.3, 0.4) is 0 Å². The highest BCUT2D eigenvalue weighted by molar-refractivity contribution is 7.89. The maximum atomic E-state index is 13.1. The molecule has 3 rings (SSSR count). The van der Waals surface area contributed by atoms with Gasteiger partial charge in [0.1, 0.15) is 0 Å². The van der Waals surface area contributed by atoms with Crippen molar-refractivity contribution in [2.75, 3.05) is 27.2 Å². The van der Waals surface area contributed by atoms with Crippen molar-refractivity contribution in [3.63, 3.8) is 0 Å². The molecule has 1 amide bonds. The van der Waals surface area contributed by atoms with Gasteiger partial charge in [0.25, 0.3) is 5.91 Å². The number of amides is 1. The standard InChI is InChI=1S/C20H28N2O4S/c1-14-6-8-16(9-7-14)27(24,25)22-12-18-15(2)17(19(23)21(4)26-5)10-11-20(18,3)13-22/h6-9,17H,10-13H2,1-5H3/t17-,20-/m0/s1. The second-order valence-electron chi connectivity index (χ2n) is 7.92. The Hall–Kier alpha value is -1.70. The van der Waals surface area contributed by atoms with Crippen LogP contribution in [0.4, 0.5) is 0 Å². The van der Waals surface area contributed by atoms with Crippen LogP contribution in [-0.4, -0.2) is 50.9 Å². The second kappa shape index (κ2) is 7.04. The van der Waals surface area contributed by atoms with Crippen LogP contribution in [0.2, 0.25) is 0 Å². The zero-order valence-electron chi connectivity index (χ0n) is 16.7. The summed E-state index contributed by atoms with van der Waals surface area (Å²) in [4.78, 5) is 18.0. The van der Waals surface area contributed by atoms with E-state index in [1.54, 1.807) is 23.5 Å². The molecule has 2 atom stereocenters. The van der Waals surface area contributed by atoms with E-state index in [2.05, 4.69) is 6.92 Å². The molecule has 148 valence electrons. The zero-order chi connectivity index (χ0) is 20.0. The molecular formula is C20H28N2O4S. The normalized spacial score (nSPS) is 26.2. The molecule has 1 aliphatic carbocycles. The molecule has 0 radical (unpaired) electrons. The molecule has 0 N–H and O–H groups in total. The molecule has 0 aromatic heterocycles. The van der Waals surface area contributed by atoms with E-state index in [4.69, 9.17) is 4.84 Å². The first kappa shape index (κ1) is 20.0. The largest absolute Gasteiger partial charge is 0.275 e. The third-order valence-corrected chi connectivity index (χ3v) is 7.92. The van der Waals surface area contributed by atoms with E-state index in [0.717, 1.165) is 23.1 Å². The fourth-order valence-electron chi connectivity index (χ4n) is 4.28. The first-order valence-electron chi connectivity index (χ1n) is 9.19. The molecule has 1 aromatic carbocycles. The topological polar surface area (TPSA) is 66.9 Å². The number of nitrogens with zero attached hydrogens (tertiary/aromatic N) is 2. The number of aryl methyl sites for hydroxylation is 1. The Bertz CT molecular complexity index is 876. The Kier molecular flexibility index (Phi) is 5.22. The monoisotopic (exact) mass is 392 g/mol. The number of fused-ring (bicyclic) bond motifs is 1. The van der Waals surface area contributed by atoms with E-state index >= 15 is 0 Å². The summed E-state index contributed by atoms with van der Waals surface area (Å²) >= 11 is 0. The molecule has 0 saturated carbocycles. The van der Waals surface area contributed by atoms with E-state index in [-0.39, 0.29) is 17.2 Å². The van der Waals surface area contributed by atoms with Gasteiger partial charge in [-0.1, -0.05) is 30.2 Å². The van der Waals surface area contributed by atoms with Crippen molar-refractivity contribution in [1.29, 1.82) is 0 Å². The smallest absolute Gasteiger partial charge is 0.253 e. The molecule has 2 aliphatic rings. The molecule has 6 nitrogen and oxygen atoms in total. The van der Waals surface area contributed by atoms with Crippen LogP contribution in [0.25, 0.3) is 0 Å². The van der Waals surface area contributed by atoms with Gasteiger partial charge < -0.3 is 0 Å². The highest BCUT2D eigenvalue weighted by Crippen LogP contribution is 2.49. The van der Waals surface area contributed by atoms with Crippen LogP contribution in [0, 0.1) is 18.3 Å². The molecule has 1 heterocycles. The van der Waals surface area contributed by atoms with Gasteiger partial charge in [-0.25, -0.2) is 13.5 Å². The number of carbonyl (C=O) groups excluding carboxylic acids is 1. The van der Waals surface area contributed by atoms with E-state index in [1.165, 1.54) is 12.2 Å². The van der Waals surface area contributed by atoms with Crippen LogP contribution >= 0.6 is 0 Å². The SMILES string of the molecule is CON(C)C(=O)[C@H]1CC[C@@]2(C)CN(S(=O)(=O)c3ccc(C)cc3)CC2=C1C. The van der Waals surface area contributed by atoms with Gasteiger partial charge >= 0.3 is 0 Å². The molecule has 27 heavy (non-hydrogen) atoms. The molecule has 1 saturated heterocycles. The van der Waals surface area contributed by atoms with E-state index in [9.17, 15) is 13.2 Å². The summed E-state index contributed by atoms with van der Waals surface area (Å²) in [5.74, 6) is -0.329. The minimum absolute atomic E-state index is 0.0793. The minimum atomic E-state index is -3.55. The lowest BCUT2D eigenvalue weighted by Gasteiger charge is -2.36. The molecular weight excluding hydrogens is 364 g/mol. The fourth-order valence-corrected chi connectivity index (χ4v) is 5.81. The maximum absolute atomic E-state index is 13.1. The van der Waals surface area contributed by atoms with Crippen molar-refractivity contribution in [2.24, 2.45) is 11.3 Å². The summed E-state index contributed by atoms with van der Waals surface area (Å²) in [6.45, 7) is 6.80. The van der Waals surface area contributed by atoms with Crippen molar-refractivity contribution in [1.82, 2.24) is 9.37 Å². The summed E-state index contributed by atoms with van der Waals surface area (Å²) in [5.41, 5.74) is 2.87. The lowest BCUT2D eigenvalue weighted by Crippen LogP contribution is -2.37. The number of hydrogen-bond acceptors (Lipinski definition) is 4. The number of rotatable bonds is 4. The molecule has 1 aliphatic heterocycles. The number of hydroxylamine groups is 2. The average Bonchev–Trinajstić information content (AvgIpc) is 3.00. The van der Waals surface area contributed by atoms with Crippen molar-refractivity contribution < 1.29 is 18.0 Å².